The molecule has 4 aromatic rings. The molecule has 0 radical (unpaired) electrons. The molecule has 6 rings (SSSR count). The third-order valence-electron chi connectivity index (χ3n) is 7.23. The fourth-order valence-corrected chi connectivity index (χ4v) is 6.89. The molecular formula is C29H30N4O2S. The van der Waals surface area contributed by atoms with E-state index in [2.05, 4.69) is 52.3 Å². The molecule has 0 saturated heterocycles. The van der Waals surface area contributed by atoms with Gasteiger partial charge < -0.3 is 24.4 Å². The summed E-state index contributed by atoms with van der Waals surface area (Å²) < 4.78 is 7.86. The number of urea groups is 1. The molecule has 0 fully saturated rings. The van der Waals surface area contributed by atoms with Crippen molar-refractivity contribution >= 4 is 23.1 Å². The van der Waals surface area contributed by atoms with Gasteiger partial charge in [0.15, 0.2) is 0 Å². The molecule has 0 unspecified atom stereocenters. The average molecular weight is 499 g/mol. The van der Waals surface area contributed by atoms with Gasteiger partial charge in [0.25, 0.3) is 0 Å². The Labute approximate surface area is 215 Å². The average Bonchev–Trinajstić information content (AvgIpc) is 3.46. The molecule has 184 valence electrons. The summed E-state index contributed by atoms with van der Waals surface area (Å²) in [5.74, 6) is 0.653. The smallest absolute Gasteiger partial charge is 0.323 e. The molecule has 2 aliphatic rings. The number of benzene rings is 2. The van der Waals surface area contributed by atoms with Crippen LogP contribution in [0.25, 0.3) is 5.00 Å². The van der Waals surface area contributed by atoms with Gasteiger partial charge in [-0.05, 0) is 61.3 Å². The van der Waals surface area contributed by atoms with Crippen molar-refractivity contribution in [3.8, 4) is 10.8 Å². The summed E-state index contributed by atoms with van der Waals surface area (Å²) in [6, 6.07) is 20.0. The van der Waals surface area contributed by atoms with E-state index in [1.165, 1.54) is 21.0 Å². The highest BCUT2D eigenvalue weighted by Crippen LogP contribution is 2.43. The summed E-state index contributed by atoms with van der Waals surface area (Å²) >= 11 is 1.87. The predicted octanol–water partition coefficient (Wildman–Crippen LogP) is 5.98. The first-order valence-electron chi connectivity index (χ1n) is 12.3. The third kappa shape index (κ3) is 3.88. The summed E-state index contributed by atoms with van der Waals surface area (Å²) in [4.78, 5) is 19.9. The van der Waals surface area contributed by atoms with Crippen molar-refractivity contribution in [1.29, 1.82) is 0 Å². The van der Waals surface area contributed by atoms with E-state index in [1.807, 2.05) is 59.6 Å². The summed E-state index contributed by atoms with van der Waals surface area (Å²) in [5.41, 5.74) is 6.61. The van der Waals surface area contributed by atoms with E-state index >= 15 is 0 Å². The minimum absolute atomic E-state index is 0.138. The van der Waals surface area contributed by atoms with Gasteiger partial charge in [-0.1, -0.05) is 36.4 Å². The molecule has 2 amide bonds. The van der Waals surface area contributed by atoms with Gasteiger partial charge in [0, 0.05) is 29.7 Å². The number of carbonyl (C=O) groups is 1. The summed E-state index contributed by atoms with van der Waals surface area (Å²) in [6.07, 6.45) is 3.15. The van der Waals surface area contributed by atoms with Crippen LogP contribution in [0.3, 0.4) is 0 Å². The lowest BCUT2D eigenvalue weighted by Gasteiger charge is -2.32. The standard InChI is InChI=1S/C29H30N4O2S/c1-19-11-12-25(35-3)23(16-19)30-29(34)33-17-22-21-13-15-31(2)18-26(21)36-28(22)32-14-7-10-24(32)27(33)20-8-5-4-6-9-20/h4-12,14,16,27H,13,15,17-18H2,1-3H3,(H,30,34)/t27-/m0/s1. The molecule has 1 N–H and O–H groups in total. The molecule has 2 aromatic heterocycles. The molecule has 0 spiro atoms. The number of carbonyl (C=O) groups excluding carboxylic acids is 1. The first-order chi connectivity index (χ1) is 17.5. The number of nitrogens with zero attached hydrogens (tertiary/aromatic N) is 3. The number of hydrogen-bond donors (Lipinski definition) is 1. The molecular weight excluding hydrogens is 468 g/mol. The zero-order chi connectivity index (χ0) is 24.8. The maximum Gasteiger partial charge on any atom is 0.323 e. The van der Waals surface area contributed by atoms with E-state index in [1.54, 1.807) is 7.11 Å². The largest absolute Gasteiger partial charge is 0.495 e. The number of likely N-dealkylation sites (N-methyl/N-ethyl adjacent to an activating group) is 1. The molecule has 1 atom stereocenters. The first kappa shape index (κ1) is 22.9. The van der Waals surface area contributed by atoms with E-state index in [-0.39, 0.29) is 12.1 Å². The van der Waals surface area contributed by atoms with Crippen LogP contribution >= 0.6 is 11.3 Å². The van der Waals surface area contributed by atoms with Crippen molar-refractivity contribution in [3.63, 3.8) is 0 Å². The fourth-order valence-electron chi connectivity index (χ4n) is 5.44. The molecule has 0 bridgehead atoms. The SMILES string of the molecule is COc1ccc(C)cc1NC(=O)N1Cc2c(sc3c2CCN(C)C3)-n2cccc2[C@@H]1c1ccccc1. The number of methoxy groups -OCH3 is 1. The zero-order valence-corrected chi connectivity index (χ0v) is 21.6. The van der Waals surface area contributed by atoms with Gasteiger partial charge in [0.2, 0.25) is 0 Å². The summed E-state index contributed by atoms with van der Waals surface area (Å²) in [6.45, 7) is 4.55. The molecule has 7 heteroatoms. The Balaban J connectivity index is 1.49. The van der Waals surface area contributed by atoms with Gasteiger partial charge in [-0.3, -0.25) is 0 Å². The number of hydrogen-bond acceptors (Lipinski definition) is 4. The zero-order valence-electron chi connectivity index (χ0n) is 20.8. The Morgan fingerprint density at radius 2 is 1.89 bits per heavy atom. The van der Waals surface area contributed by atoms with E-state index in [9.17, 15) is 4.79 Å². The van der Waals surface area contributed by atoms with Crippen LogP contribution in [0.4, 0.5) is 10.5 Å². The highest BCUT2D eigenvalue weighted by Gasteiger charge is 2.36. The minimum atomic E-state index is -0.224. The van der Waals surface area contributed by atoms with Crippen molar-refractivity contribution < 1.29 is 9.53 Å². The lowest BCUT2D eigenvalue weighted by molar-refractivity contribution is 0.194. The van der Waals surface area contributed by atoms with Crippen LogP contribution in [0.1, 0.15) is 38.9 Å². The van der Waals surface area contributed by atoms with Crippen LogP contribution in [-0.2, 0) is 19.5 Å². The second kappa shape index (κ2) is 9.15. The highest BCUT2D eigenvalue weighted by atomic mass is 32.1. The van der Waals surface area contributed by atoms with Crippen molar-refractivity contribution in [2.75, 3.05) is 26.0 Å². The normalized spacial score (nSPS) is 17.1. The maximum absolute atomic E-state index is 14.1. The second-order valence-electron chi connectivity index (χ2n) is 9.65. The van der Waals surface area contributed by atoms with Crippen molar-refractivity contribution in [2.24, 2.45) is 0 Å². The van der Waals surface area contributed by atoms with Gasteiger partial charge in [0.05, 0.1) is 31.1 Å². The summed E-state index contributed by atoms with van der Waals surface area (Å²) in [5, 5.41) is 4.42. The number of rotatable bonds is 3. The number of nitrogens with one attached hydrogen (secondary N) is 1. The lowest BCUT2D eigenvalue weighted by Crippen LogP contribution is -2.38. The Bertz CT molecular complexity index is 1420. The van der Waals surface area contributed by atoms with E-state index in [4.69, 9.17) is 4.74 Å². The Morgan fingerprint density at radius 1 is 1.06 bits per heavy atom. The number of anilines is 1. The van der Waals surface area contributed by atoms with E-state index < -0.39 is 0 Å². The van der Waals surface area contributed by atoms with Crippen LogP contribution in [0.15, 0.2) is 66.9 Å². The number of fused-ring (bicyclic) bond motifs is 5. The highest BCUT2D eigenvalue weighted by molar-refractivity contribution is 7.15. The number of amides is 2. The van der Waals surface area contributed by atoms with Crippen molar-refractivity contribution in [3.05, 3.63) is 99.7 Å². The van der Waals surface area contributed by atoms with Crippen LogP contribution in [-0.4, -0.2) is 41.1 Å². The van der Waals surface area contributed by atoms with Crippen molar-refractivity contribution in [2.45, 2.75) is 32.5 Å². The minimum Gasteiger partial charge on any atom is -0.495 e. The third-order valence-corrected chi connectivity index (χ3v) is 8.49. The predicted molar refractivity (Wildman–Crippen MR) is 144 cm³/mol. The molecule has 2 aromatic carbocycles. The van der Waals surface area contributed by atoms with E-state index in [0.29, 0.717) is 18.0 Å². The molecule has 0 saturated carbocycles. The van der Waals surface area contributed by atoms with Gasteiger partial charge in [-0.25, -0.2) is 4.79 Å². The van der Waals surface area contributed by atoms with E-state index in [0.717, 1.165) is 36.3 Å². The first-order valence-corrected chi connectivity index (χ1v) is 13.1. The van der Waals surface area contributed by atoms with Gasteiger partial charge in [-0.2, -0.15) is 0 Å². The Kier molecular flexibility index (Phi) is 5.82. The topological polar surface area (TPSA) is 49.7 Å². The lowest BCUT2D eigenvalue weighted by atomic mass is 10.0. The van der Waals surface area contributed by atoms with Crippen LogP contribution in [0.2, 0.25) is 0 Å². The Hall–Kier alpha value is -3.55. The van der Waals surface area contributed by atoms with Gasteiger partial charge >= 0.3 is 6.03 Å². The maximum atomic E-state index is 14.1. The molecule has 0 aliphatic carbocycles. The number of aryl methyl sites for hydroxylation is 1. The second-order valence-corrected chi connectivity index (χ2v) is 10.7. The molecule has 36 heavy (non-hydrogen) atoms. The molecule has 6 nitrogen and oxygen atoms in total. The summed E-state index contributed by atoms with van der Waals surface area (Å²) in [7, 11) is 3.81. The number of ether oxygens (including phenoxy) is 1. The van der Waals surface area contributed by atoms with Crippen LogP contribution in [0, 0.1) is 6.92 Å². The van der Waals surface area contributed by atoms with Crippen LogP contribution in [0.5, 0.6) is 5.75 Å². The Morgan fingerprint density at radius 3 is 2.69 bits per heavy atom. The van der Waals surface area contributed by atoms with Gasteiger partial charge in [-0.15, -0.1) is 11.3 Å². The van der Waals surface area contributed by atoms with Gasteiger partial charge in [0.1, 0.15) is 10.8 Å². The number of thiophene rings is 1. The monoisotopic (exact) mass is 498 g/mol. The quantitative estimate of drug-likeness (QED) is 0.378. The molecule has 4 heterocycles. The van der Waals surface area contributed by atoms with Crippen molar-refractivity contribution in [1.82, 2.24) is 14.4 Å². The molecule has 2 aliphatic heterocycles. The fraction of sp³-hybridized carbons (Fsp3) is 0.276. The van der Waals surface area contributed by atoms with Crippen LogP contribution < -0.4 is 10.1 Å². The number of aromatic nitrogens is 1.